The van der Waals surface area contributed by atoms with E-state index in [1.807, 2.05) is 11.3 Å². The van der Waals surface area contributed by atoms with Gasteiger partial charge in [-0.15, -0.1) is 11.3 Å². The average molecular weight is 554 g/mol. The van der Waals surface area contributed by atoms with Crippen LogP contribution in [0.25, 0.3) is 53.2 Å². The first-order valence-corrected chi connectivity index (χ1v) is 15.1. The van der Waals surface area contributed by atoms with Crippen molar-refractivity contribution in [1.82, 2.24) is 0 Å². The van der Waals surface area contributed by atoms with Gasteiger partial charge in [-0.2, -0.15) is 0 Å². The van der Waals surface area contributed by atoms with E-state index in [0.29, 0.717) is 0 Å². The summed E-state index contributed by atoms with van der Waals surface area (Å²) in [7, 11) is 0. The fourth-order valence-corrected chi connectivity index (χ4v) is 7.27. The van der Waals surface area contributed by atoms with Crippen molar-refractivity contribution in [3.8, 4) is 22.3 Å². The summed E-state index contributed by atoms with van der Waals surface area (Å²) in [5.74, 6) is 0. The first-order chi connectivity index (χ1) is 20.8. The first kappa shape index (κ1) is 24.6. The average Bonchev–Trinajstić information content (AvgIpc) is 3.45. The Balaban J connectivity index is 1.25. The minimum Gasteiger partial charge on any atom is -0.310 e. The van der Waals surface area contributed by atoms with Crippen LogP contribution in [-0.4, -0.2) is 0 Å². The van der Waals surface area contributed by atoms with E-state index in [9.17, 15) is 0 Å². The maximum atomic E-state index is 2.36. The molecule has 0 aliphatic heterocycles. The monoisotopic (exact) mass is 553 g/mol. The Hall–Kier alpha value is -5.18. The predicted molar refractivity (Wildman–Crippen MR) is 182 cm³/mol. The Bertz CT molecular complexity index is 2180. The van der Waals surface area contributed by atoms with E-state index >= 15 is 0 Å². The number of nitrogens with zero attached hydrogens (tertiary/aromatic N) is 1. The maximum Gasteiger partial charge on any atom is 0.0468 e. The van der Waals surface area contributed by atoms with Gasteiger partial charge in [-0.05, 0) is 75.5 Å². The molecule has 0 aliphatic carbocycles. The maximum absolute atomic E-state index is 2.36. The third kappa shape index (κ3) is 4.25. The molecule has 0 saturated carbocycles. The Labute approximate surface area is 249 Å². The minimum absolute atomic E-state index is 1.13. The van der Waals surface area contributed by atoms with Gasteiger partial charge >= 0.3 is 0 Å². The molecule has 0 amide bonds. The molecular weight excluding hydrogens is 527 g/mol. The van der Waals surface area contributed by atoms with Gasteiger partial charge in [-0.25, -0.2) is 0 Å². The summed E-state index contributed by atoms with van der Waals surface area (Å²) in [6.07, 6.45) is 0. The topological polar surface area (TPSA) is 3.24 Å². The quantitative estimate of drug-likeness (QED) is 0.205. The van der Waals surface area contributed by atoms with Crippen molar-refractivity contribution in [3.63, 3.8) is 0 Å². The van der Waals surface area contributed by atoms with E-state index in [2.05, 4.69) is 169 Å². The highest BCUT2D eigenvalue weighted by atomic mass is 32.1. The molecule has 0 fully saturated rings. The highest BCUT2D eigenvalue weighted by Crippen LogP contribution is 2.43. The van der Waals surface area contributed by atoms with Gasteiger partial charge in [-0.1, -0.05) is 121 Å². The number of rotatable bonds is 5. The molecule has 8 aromatic rings. The second-order valence-corrected chi connectivity index (χ2v) is 11.6. The van der Waals surface area contributed by atoms with E-state index < -0.39 is 0 Å². The molecule has 1 nitrogen and oxygen atoms in total. The van der Waals surface area contributed by atoms with Gasteiger partial charge in [0.2, 0.25) is 0 Å². The van der Waals surface area contributed by atoms with E-state index in [0.717, 1.165) is 17.1 Å². The van der Waals surface area contributed by atoms with Gasteiger partial charge < -0.3 is 4.90 Å². The number of anilines is 3. The molecule has 198 valence electrons. The van der Waals surface area contributed by atoms with E-state index in [-0.39, 0.29) is 0 Å². The van der Waals surface area contributed by atoms with Crippen molar-refractivity contribution in [1.29, 1.82) is 0 Å². The van der Waals surface area contributed by atoms with Gasteiger partial charge in [0.15, 0.2) is 0 Å². The molecule has 1 aromatic heterocycles. The van der Waals surface area contributed by atoms with Crippen LogP contribution in [0.3, 0.4) is 0 Å². The van der Waals surface area contributed by atoms with Crippen LogP contribution in [0.1, 0.15) is 0 Å². The summed E-state index contributed by atoms with van der Waals surface area (Å²) in [6.45, 7) is 0. The van der Waals surface area contributed by atoms with Gasteiger partial charge in [0.1, 0.15) is 0 Å². The summed E-state index contributed by atoms with van der Waals surface area (Å²) < 4.78 is 2.67. The fourth-order valence-electron chi connectivity index (χ4n) is 6.05. The Morgan fingerprint density at radius 1 is 0.381 bits per heavy atom. The van der Waals surface area contributed by atoms with Gasteiger partial charge in [0, 0.05) is 37.2 Å². The molecule has 0 atom stereocenters. The number of hydrogen-bond donors (Lipinski definition) is 0. The van der Waals surface area contributed by atoms with Gasteiger partial charge in [-0.3, -0.25) is 0 Å². The highest BCUT2D eigenvalue weighted by molar-refractivity contribution is 7.26. The van der Waals surface area contributed by atoms with Crippen LogP contribution in [0.2, 0.25) is 0 Å². The SMILES string of the molecule is c1ccc(-c2ccccc2-c2ccc(N(c3ccccc3)c3ccc4sc5c6ccccc6ccc5c4c3)cc2)cc1. The van der Waals surface area contributed by atoms with Crippen LogP contribution in [0, 0.1) is 0 Å². The smallest absolute Gasteiger partial charge is 0.0468 e. The Morgan fingerprint density at radius 2 is 0.976 bits per heavy atom. The summed E-state index contributed by atoms with van der Waals surface area (Å²) in [5.41, 5.74) is 8.34. The zero-order chi connectivity index (χ0) is 27.9. The summed E-state index contributed by atoms with van der Waals surface area (Å²) in [5, 5.41) is 5.23. The lowest BCUT2D eigenvalue weighted by atomic mass is 9.94. The molecule has 0 bridgehead atoms. The zero-order valence-electron chi connectivity index (χ0n) is 22.9. The van der Waals surface area contributed by atoms with Crippen LogP contribution in [-0.2, 0) is 0 Å². The molecule has 7 aromatic carbocycles. The number of thiophene rings is 1. The number of para-hydroxylation sites is 1. The standard InChI is InChI=1S/C40H27NS/c1-3-11-28(12-4-1)34-16-9-10-17-35(34)30-19-22-32(23-20-30)41(31-14-5-2-6-15-31)33-24-26-39-38(27-33)37-25-21-29-13-7-8-18-36(29)40(37)42-39/h1-27H. The molecule has 0 unspecified atom stereocenters. The summed E-state index contributed by atoms with van der Waals surface area (Å²) >= 11 is 1.88. The van der Waals surface area contributed by atoms with Crippen molar-refractivity contribution in [3.05, 3.63) is 164 Å². The molecule has 8 rings (SSSR count). The number of fused-ring (bicyclic) bond motifs is 5. The van der Waals surface area contributed by atoms with Gasteiger partial charge in [0.25, 0.3) is 0 Å². The van der Waals surface area contributed by atoms with E-state index in [1.165, 1.54) is 53.2 Å². The van der Waals surface area contributed by atoms with E-state index in [1.54, 1.807) is 0 Å². The zero-order valence-corrected chi connectivity index (χ0v) is 23.8. The molecule has 2 heteroatoms. The third-order valence-electron chi connectivity index (χ3n) is 8.07. The number of hydrogen-bond acceptors (Lipinski definition) is 2. The van der Waals surface area contributed by atoms with Crippen molar-refractivity contribution in [2.45, 2.75) is 0 Å². The fraction of sp³-hybridized carbons (Fsp3) is 0. The lowest BCUT2D eigenvalue weighted by molar-refractivity contribution is 1.29. The van der Waals surface area contributed by atoms with E-state index in [4.69, 9.17) is 0 Å². The lowest BCUT2D eigenvalue weighted by Crippen LogP contribution is -2.09. The van der Waals surface area contributed by atoms with Crippen molar-refractivity contribution >= 4 is 59.3 Å². The molecule has 1 heterocycles. The van der Waals surface area contributed by atoms with Gasteiger partial charge in [0.05, 0.1) is 0 Å². The predicted octanol–water partition coefficient (Wildman–Crippen LogP) is 12.0. The van der Waals surface area contributed by atoms with Crippen molar-refractivity contribution in [2.24, 2.45) is 0 Å². The third-order valence-corrected chi connectivity index (χ3v) is 9.29. The largest absolute Gasteiger partial charge is 0.310 e. The summed E-state index contributed by atoms with van der Waals surface area (Å²) in [4.78, 5) is 2.36. The van der Waals surface area contributed by atoms with Crippen LogP contribution in [0.15, 0.2) is 164 Å². The normalized spacial score (nSPS) is 11.3. The molecule has 0 N–H and O–H groups in total. The molecule has 0 aliphatic rings. The summed E-state index contributed by atoms with van der Waals surface area (Å²) in [6, 6.07) is 59.0. The molecule has 0 radical (unpaired) electrons. The van der Waals surface area contributed by atoms with Crippen LogP contribution in [0.5, 0.6) is 0 Å². The van der Waals surface area contributed by atoms with Crippen molar-refractivity contribution < 1.29 is 0 Å². The molecule has 0 saturated heterocycles. The highest BCUT2D eigenvalue weighted by Gasteiger charge is 2.16. The molecule has 42 heavy (non-hydrogen) atoms. The number of benzene rings is 7. The van der Waals surface area contributed by atoms with Crippen molar-refractivity contribution in [2.75, 3.05) is 4.90 Å². The molecular formula is C40H27NS. The van der Waals surface area contributed by atoms with Crippen LogP contribution in [0.4, 0.5) is 17.1 Å². The molecule has 0 spiro atoms. The second kappa shape index (κ2) is 10.3. The Morgan fingerprint density at radius 3 is 1.74 bits per heavy atom. The first-order valence-electron chi connectivity index (χ1n) is 14.3. The second-order valence-electron chi connectivity index (χ2n) is 10.6. The van der Waals surface area contributed by atoms with Crippen LogP contribution < -0.4 is 4.90 Å². The van der Waals surface area contributed by atoms with Crippen LogP contribution >= 0.6 is 11.3 Å². The minimum atomic E-state index is 1.13. The Kier molecular flexibility index (Phi) is 6.05. The lowest BCUT2D eigenvalue weighted by Gasteiger charge is -2.26.